The van der Waals surface area contributed by atoms with E-state index in [0.717, 1.165) is 77.0 Å². The fourth-order valence-electron chi connectivity index (χ4n) is 5.25. The Morgan fingerprint density at radius 3 is 1.63 bits per heavy atom. The summed E-state index contributed by atoms with van der Waals surface area (Å²) in [6.07, 6.45) is 39.8. The molecule has 0 amide bonds. The molecule has 0 radical (unpaired) electrons. The van der Waals surface area contributed by atoms with Crippen molar-refractivity contribution in [1.29, 1.82) is 0 Å². The van der Waals surface area contributed by atoms with Crippen molar-refractivity contribution in [3.63, 3.8) is 0 Å². The summed E-state index contributed by atoms with van der Waals surface area (Å²) >= 11 is 0. The minimum absolute atomic E-state index is 0.0918. The lowest BCUT2D eigenvalue weighted by molar-refractivity contribution is -0.161. The van der Waals surface area contributed by atoms with Crippen molar-refractivity contribution in [2.24, 2.45) is 0 Å². The van der Waals surface area contributed by atoms with E-state index in [1.807, 2.05) is 19.1 Å². The lowest BCUT2D eigenvalue weighted by Crippen LogP contribution is -2.30. The molecule has 0 saturated carbocycles. The van der Waals surface area contributed by atoms with Crippen molar-refractivity contribution < 1.29 is 66.7 Å². The van der Waals surface area contributed by atoms with Crippen LogP contribution in [0.15, 0.2) is 72.9 Å². The highest BCUT2D eigenvalue weighted by atomic mass is 31.2. The van der Waals surface area contributed by atoms with E-state index < -0.39 is 66.2 Å². The molecule has 0 aromatic carbocycles. The van der Waals surface area contributed by atoms with Gasteiger partial charge in [0.05, 0.1) is 25.9 Å². The number of ether oxygens (including phenoxy) is 2. The van der Waals surface area contributed by atoms with Crippen molar-refractivity contribution in [2.75, 3.05) is 26.4 Å². The smallest absolute Gasteiger partial charge is 0.462 e. The van der Waals surface area contributed by atoms with Crippen LogP contribution in [0.2, 0.25) is 0 Å². The molecule has 0 spiro atoms. The number of unbranched alkanes of at least 4 members (excludes halogenated alkanes) is 10. The molecular weight excluding hydrogens is 814 g/mol. The Balaban J connectivity index is 4.66. The maximum Gasteiger partial charge on any atom is 0.472 e. The zero-order valence-corrected chi connectivity index (χ0v) is 37.9. The average Bonchev–Trinajstić information content (AvgIpc) is 3.21. The van der Waals surface area contributed by atoms with E-state index in [1.165, 1.54) is 25.7 Å². The molecule has 0 bridgehead atoms. The third-order valence-electron chi connectivity index (χ3n) is 8.75. The number of rotatable bonds is 40. The summed E-state index contributed by atoms with van der Waals surface area (Å²) in [6.45, 7) is 1.36. The zero-order valence-electron chi connectivity index (χ0n) is 36.1. The summed E-state index contributed by atoms with van der Waals surface area (Å²) in [4.78, 5) is 52.6. The highest BCUT2D eigenvalue weighted by molar-refractivity contribution is 7.47. The van der Waals surface area contributed by atoms with Gasteiger partial charge in [-0.3, -0.25) is 23.2 Å². The van der Waals surface area contributed by atoms with Crippen LogP contribution >= 0.6 is 15.6 Å². The molecule has 346 valence electrons. The summed E-state index contributed by atoms with van der Waals surface area (Å²) in [5.41, 5.74) is 0. The Kier molecular flexibility index (Phi) is 37.7. The molecule has 0 aliphatic rings. The molecule has 4 atom stereocenters. The first-order valence-corrected chi connectivity index (χ1v) is 24.7. The van der Waals surface area contributed by atoms with E-state index in [9.17, 15) is 33.8 Å². The van der Waals surface area contributed by atoms with Gasteiger partial charge in [-0.25, -0.2) is 9.13 Å². The highest BCUT2D eigenvalue weighted by Crippen LogP contribution is 2.43. The van der Waals surface area contributed by atoms with Crippen LogP contribution in [0.4, 0.5) is 0 Å². The molecule has 16 heteroatoms. The maximum absolute atomic E-state index is 12.6. The number of carbonyl (C=O) groups is 2. The summed E-state index contributed by atoms with van der Waals surface area (Å²) in [5.74, 6) is -1.14. The van der Waals surface area contributed by atoms with Crippen LogP contribution in [0.5, 0.6) is 0 Å². The lowest BCUT2D eigenvalue weighted by atomic mass is 10.1. The number of hydrogen-bond donors (Lipinski definition) is 5. The SMILES string of the molecule is CCCCCC/C=C\C=C/CCCCCCCC(=O)O[C@H](COC(=O)CCC/C=C\C/C=C\C/C=C\C/C=C\CC[C@@H](O)CC)COP(=O)(O)OC[C@@H](O)COP(=O)(O)O. The van der Waals surface area contributed by atoms with Crippen molar-refractivity contribution in [3.05, 3.63) is 72.9 Å². The van der Waals surface area contributed by atoms with Crippen LogP contribution in [-0.2, 0) is 41.8 Å². The molecular formula is C44H76O14P2. The number of carbonyl (C=O) groups excluding carboxylic acids is 2. The fraction of sp³-hybridized carbons (Fsp3) is 0.682. The number of esters is 2. The average molecular weight is 891 g/mol. The Bertz CT molecular complexity index is 1350. The second kappa shape index (κ2) is 39.4. The van der Waals surface area contributed by atoms with Crippen LogP contribution in [0.25, 0.3) is 0 Å². The Morgan fingerprint density at radius 1 is 0.533 bits per heavy atom. The van der Waals surface area contributed by atoms with Gasteiger partial charge in [0.15, 0.2) is 6.10 Å². The fourth-order valence-corrected chi connectivity index (χ4v) is 6.41. The molecule has 0 aliphatic heterocycles. The normalized spacial score (nSPS) is 15.2. The first-order chi connectivity index (χ1) is 28.8. The van der Waals surface area contributed by atoms with Crippen LogP contribution in [0.1, 0.15) is 149 Å². The largest absolute Gasteiger partial charge is 0.472 e. The van der Waals surface area contributed by atoms with Crippen LogP contribution in [-0.4, -0.2) is 81.6 Å². The van der Waals surface area contributed by atoms with E-state index >= 15 is 0 Å². The van der Waals surface area contributed by atoms with E-state index in [0.29, 0.717) is 19.3 Å². The minimum Gasteiger partial charge on any atom is -0.462 e. The topological polar surface area (TPSA) is 216 Å². The molecule has 1 unspecified atom stereocenters. The van der Waals surface area contributed by atoms with Crippen molar-refractivity contribution in [1.82, 2.24) is 0 Å². The molecule has 0 saturated heterocycles. The van der Waals surface area contributed by atoms with Gasteiger partial charge in [-0.1, -0.05) is 125 Å². The molecule has 0 rings (SSSR count). The van der Waals surface area contributed by atoms with Gasteiger partial charge in [-0.2, -0.15) is 0 Å². The monoisotopic (exact) mass is 890 g/mol. The van der Waals surface area contributed by atoms with Gasteiger partial charge in [-0.15, -0.1) is 0 Å². The van der Waals surface area contributed by atoms with E-state index in [-0.39, 0.29) is 18.9 Å². The standard InChI is InChI=1S/C44H76O14P2/c1-3-5-6-7-8-9-10-11-12-17-20-23-26-29-32-35-44(48)58-42(39-57-60(52,53)56-37-41(46)36-55-59(49,50)51)38-54-43(47)34-31-28-25-22-19-16-14-13-15-18-21-24-27-30-33-40(45)4-2/h9-12,14-16,18,22,24-25,27,40-42,45-46H,3-8,13,17,19-21,23,26,28-39H2,1-2H3,(H,52,53)(H2,49,50,51)/b10-9-,12-11-,16-14-,18-15-,25-22-,27-24-/t40-,41-,42+/m0/s1. The molecule has 0 aliphatic carbocycles. The number of aliphatic hydroxyl groups excluding tert-OH is 2. The lowest BCUT2D eigenvalue weighted by Gasteiger charge is -2.20. The highest BCUT2D eigenvalue weighted by Gasteiger charge is 2.28. The second-order valence-corrected chi connectivity index (χ2v) is 17.1. The van der Waals surface area contributed by atoms with E-state index in [1.54, 1.807) is 0 Å². The third kappa shape index (κ3) is 42.2. The summed E-state index contributed by atoms with van der Waals surface area (Å²) in [7, 11) is -9.71. The Labute approximate surface area is 359 Å². The molecule has 0 heterocycles. The summed E-state index contributed by atoms with van der Waals surface area (Å²) < 4.78 is 47.7. The molecule has 0 fully saturated rings. The minimum atomic E-state index is -4.88. The third-order valence-corrected chi connectivity index (χ3v) is 10.2. The molecule has 0 aromatic heterocycles. The summed E-state index contributed by atoms with van der Waals surface area (Å²) in [5, 5.41) is 19.3. The number of hydrogen-bond acceptors (Lipinski definition) is 11. The Morgan fingerprint density at radius 2 is 1.03 bits per heavy atom. The van der Waals surface area contributed by atoms with Gasteiger partial charge in [0.25, 0.3) is 0 Å². The van der Waals surface area contributed by atoms with Gasteiger partial charge in [0.1, 0.15) is 12.7 Å². The molecule has 14 nitrogen and oxygen atoms in total. The first-order valence-electron chi connectivity index (χ1n) is 21.7. The van der Waals surface area contributed by atoms with Gasteiger partial charge >= 0.3 is 27.6 Å². The number of phosphoric ester groups is 2. The zero-order chi connectivity index (χ0) is 44.6. The van der Waals surface area contributed by atoms with Gasteiger partial charge in [0.2, 0.25) is 0 Å². The van der Waals surface area contributed by atoms with E-state index in [4.69, 9.17) is 23.8 Å². The quantitative estimate of drug-likeness (QED) is 0.0127. The van der Waals surface area contributed by atoms with Gasteiger partial charge < -0.3 is 34.4 Å². The molecule has 5 N–H and O–H groups in total. The van der Waals surface area contributed by atoms with Gasteiger partial charge in [-0.05, 0) is 83.5 Å². The van der Waals surface area contributed by atoms with Crippen LogP contribution in [0, 0.1) is 0 Å². The maximum atomic E-state index is 12.6. The van der Waals surface area contributed by atoms with Crippen molar-refractivity contribution >= 4 is 27.6 Å². The number of aliphatic hydroxyl groups is 2. The molecule has 0 aromatic rings. The van der Waals surface area contributed by atoms with Gasteiger partial charge in [0, 0.05) is 12.8 Å². The van der Waals surface area contributed by atoms with Crippen LogP contribution < -0.4 is 0 Å². The molecule has 60 heavy (non-hydrogen) atoms. The number of allylic oxidation sites excluding steroid dienone is 12. The Hall–Kier alpha value is -2.48. The van der Waals surface area contributed by atoms with Crippen LogP contribution in [0.3, 0.4) is 0 Å². The first kappa shape index (κ1) is 57.5. The predicted molar refractivity (Wildman–Crippen MR) is 236 cm³/mol. The van der Waals surface area contributed by atoms with Crippen molar-refractivity contribution in [3.8, 4) is 0 Å². The predicted octanol–water partition coefficient (Wildman–Crippen LogP) is 9.98. The summed E-state index contributed by atoms with van der Waals surface area (Å²) in [6, 6.07) is 0. The van der Waals surface area contributed by atoms with Crippen molar-refractivity contribution in [2.45, 2.75) is 167 Å². The number of phosphoric acid groups is 2. The van der Waals surface area contributed by atoms with E-state index in [2.05, 4.69) is 76.7 Å². The second-order valence-electron chi connectivity index (χ2n) is 14.4.